The number of thiazole rings is 1. The van der Waals surface area contributed by atoms with Gasteiger partial charge in [0.2, 0.25) is 0 Å². The average Bonchev–Trinajstić information content (AvgIpc) is 2.68. The van der Waals surface area contributed by atoms with Gasteiger partial charge in [0.15, 0.2) is 11.9 Å². The summed E-state index contributed by atoms with van der Waals surface area (Å²) in [4.78, 5) is 25.4. The Kier molecular flexibility index (Phi) is 2.22. The van der Waals surface area contributed by atoms with Crippen molar-refractivity contribution >= 4 is 38.5 Å². The largest absolute Gasteiger partial charge is 0.352 e. The second-order valence-electron chi connectivity index (χ2n) is 3.90. The lowest BCUT2D eigenvalue weighted by molar-refractivity contribution is -0.529. The van der Waals surface area contributed by atoms with Crippen LogP contribution in [0.15, 0.2) is 24.3 Å². The van der Waals surface area contributed by atoms with Crippen LogP contribution in [0.3, 0.4) is 0 Å². The molecule has 0 saturated heterocycles. The first-order valence-corrected chi connectivity index (χ1v) is 6.31. The number of hydrogen-bond acceptors (Lipinski definition) is 3. The third kappa shape index (κ3) is 1.39. The smallest absolute Gasteiger partial charge is 0.246 e. The molecule has 86 valence electrons. The third-order valence-electron chi connectivity index (χ3n) is 2.90. The Balaban J connectivity index is 2.34. The van der Waals surface area contributed by atoms with Crippen LogP contribution in [0.25, 0.3) is 10.2 Å². The van der Waals surface area contributed by atoms with E-state index in [1.54, 1.807) is 9.47 Å². The lowest BCUT2D eigenvalue weighted by Gasteiger charge is -2.15. The quantitative estimate of drug-likeness (QED) is 0.567. The lowest BCUT2D eigenvalue weighted by Crippen LogP contribution is -2.54. The molecule has 1 aliphatic rings. The molecule has 2 heterocycles. The first-order valence-electron chi connectivity index (χ1n) is 5.49. The molecule has 0 aliphatic carbocycles. The van der Waals surface area contributed by atoms with E-state index in [-0.39, 0.29) is 18.2 Å². The summed E-state index contributed by atoms with van der Waals surface area (Å²) in [7, 11) is 0. The van der Waals surface area contributed by atoms with Gasteiger partial charge in [-0.25, -0.2) is 9.59 Å². The maximum Gasteiger partial charge on any atom is 0.352 e. The van der Waals surface area contributed by atoms with Gasteiger partial charge in [0.1, 0.15) is 0 Å². The van der Waals surface area contributed by atoms with Crippen molar-refractivity contribution in [1.82, 2.24) is 0 Å². The Morgan fingerprint density at radius 1 is 1.35 bits per heavy atom. The molecule has 1 amide bonds. The Morgan fingerprint density at radius 2 is 2.12 bits per heavy atom. The number of carbonyl (C=O) groups is 2. The summed E-state index contributed by atoms with van der Waals surface area (Å²) in [5.41, 5.74) is 0.892. The summed E-state index contributed by atoms with van der Waals surface area (Å²) in [6, 6.07) is 7.73. The first kappa shape index (κ1) is 10.4. The van der Waals surface area contributed by atoms with Crippen molar-refractivity contribution in [3.63, 3.8) is 0 Å². The summed E-state index contributed by atoms with van der Waals surface area (Å²) in [5, 5.41) is 0.731. The van der Waals surface area contributed by atoms with Crippen molar-refractivity contribution in [2.45, 2.75) is 13.3 Å². The predicted octanol–water partition coefficient (Wildman–Crippen LogP) is 1.59. The molecule has 0 bridgehead atoms. The van der Waals surface area contributed by atoms with Crippen LogP contribution in [0.5, 0.6) is 0 Å². The standard InChI is InChI=1S/C12H11N2O2S/c1-2-13-10(15)7-11(16)14-8-5-3-4-6-9(8)17-12(13)14/h3-6H,2,7H2,1H3/q+1. The fraction of sp³-hybridized carbons (Fsp3) is 0.250. The zero-order valence-electron chi connectivity index (χ0n) is 9.34. The normalized spacial score (nSPS) is 15.5. The Morgan fingerprint density at radius 3 is 2.88 bits per heavy atom. The highest BCUT2D eigenvalue weighted by molar-refractivity contribution is 7.21. The molecular formula is C12H11N2O2S+. The van der Waals surface area contributed by atoms with Crippen LogP contribution < -0.4 is 9.47 Å². The molecule has 1 aromatic heterocycles. The molecule has 0 N–H and O–H groups in total. The van der Waals surface area contributed by atoms with Gasteiger partial charge in [-0.2, -0.15) is 9.47 Å². The van der Waals surface area contributed by atoms with Gasteiger partial charge >= 0.3 is 16.9 Å². The molecule has 4 nitrogen and oxygen atoms in total. The maximum atomic E-state index is 12.0. The van der Waals surface area contributed by atoms with Crippen molar-refractivity contribution in [3.8, 4) is 0 Å². The first-order chi connectivity index (χ1) is 8.22. The lowest BCUT2D eigenvalue weighted by atomic mass is 10.2. The van der Waals surface area contributed by atoms with E-state index in [1.807, 2.05) is 31.2 Å². The second kappa shape index (κ2) is 3.63. The van der Waals surface area contributed by atoms with Gasteiger partial charge in [-0.1, -0.05) is 12.1 Å². The highest BCUT2D eigenvalue weighted by atomic mass is 32.1. The van der Waals surface area contributed by atoms with Gasteiger partial charge < -0.3 is 0 Å². The molecule has 0 spiro atoms. The number of benzene rings is 1. The molecular weight excluding hydrogens is 236 g/mol. The van der Waals surface area contributed by atoms with E-state index in [1.165, 1.54) is 11.3 Å². The van der Waals surface area contributed by atoms with Crippen LogP contribution in [0.4, 0.5) is 5.13 Å². The van der Waals surface area contributed by atoms with Crippen molar-refractivity contribution in [2.75, 3.05) is 11.4 Å². The molecule has 1 aliphatic heterocycles. The van der Waals surface area contributed by atoms with E-state index < -0.39 is 0 Å². The molecule has 0 fully saturated rings. The Hall–Kier alpha value is -1.75. The average molecular weight is 247 g/mol. The van der Waals surface area contributed by atoms with Gasteiger partial charge in [0, 0.05) is 0 Å². The van der Waals surface area contributed by atoms with Crippen LogP contribution in [0.2, 0.25) is 0 Å². The summed E-state index contributed by atoms with van der Waals surface area (Å²) in [6.07, 6.45) is -0.0355. The van der Waals surface area contributed by atoms with Crippen molar-refractivity contribution in [1.29, 1.82) is 0 Å². The monoisotopic (exact) mass is 247 g/mol. The van der Waals surface area contributed by atoms with Crippen molar-refractivity contribution < 1.29 is 14.2 Å². The van der Waals surface area contributed by atoms with E-state index in [0.29, 0.717) is 6.54 Å². The van der Waals surface area contributed by atoms with E-state index in [4.69, 9.17) is 0 Å². The number of carbonyl (C=O) groups excluding carboxylic acids is 2. The number of fused-ring (bicyclic) bond motifs is 3. The molecule has 5 heteroatoms. The number of anilines is 1. The zero-order valence-corrected chi connectivity index (χ0v) is 10.2. The second-order valence-corrected chi connectivity index (χ2v) is 4.91. The van der Waals surface area contributed by atoms with Gasteiger partial charge in [-0.05, 0) is 30.4 Å². The molecule has 1 aromatic carbocycles. The van der Waals surface area contributed by atoms with E-state index in [9.17, 15) is 9.59 Å². The third-order valence-corrected chi connectivity index (χ3v) is 4.05. The highest BCUT2D eigenvalue weighted by Crippen LogP contribution is 2.29. The fourth-order valence-corrected chi connectivity index (χ4v) is 3.35. The molecule has 17 heavy (non-hydrogen) atoms. The molecule has 0 radical (unpaired) electrons. The van der Waals surface area contributed by atoms with Crippen LogP contribution in [-0.4, -0.2) is 18.4 Å². The SMILES string of the molecule is CCN1C(=O)CC(=O)[n+]2c1sc1ccccc12. The van der Waals surface area contributed by atoms with Crippen LogP contribution in [-0.2, 0) is 4.79 Å². The van der Waals surface area contributed by atoms with Gasteiger partial charge in [-0.15, -0.1) is 0 Å². The number of aromatic nitrogens is 1. The summed E-state index contributed by atoms with van der Waals surface area (Å²) < 4.78 is 2.69. The van der Waals surface area contributed by atoms with Crippen molar-refractivity contribution in [3.05, 3.63) is 24.3 Å². The van der Waals surface area contributed by atoms with E-state index in [2.05, 4.69) is 0 Å². The Labute approximate surface area is 102 Å². The number of para-hydroxylation sites is 1. The van der Waals surface area contributed by atoms with Crippen LogP contribution >= 0.6 is 11.3 Å². The predicted molar refractivity (Wildman–Crippen MR) is 65.3 cm³/mol. The number of nitrogens with zero attached hydrogens (tertiary/aromatic N) is 2. The van der Waals surface area contributed by atoms with E-state index in [0.717, 1.165) is 15.3 Å². The van der Waals surface area contributed by atoms with E-state index >= 15 is 0 Å². The number of hydrogen-bond donors (Lipinski definition) is 0. The van der Waals surface area contributed by atoms with Crippen LogP contribution in [0.1, 0.15) is 18.1 Å². The molecule has 2 aromatic rings. The maximum absolute atomic E-state index is 12.0. The summed E-state index contributed by atoms with van der Waals surface area (Å²) in [5.74, 6) is -0.240. The minimum absolute atomic E-state index is 0.0355. The molecule has 3 rings (SSSR count). The van der Waals surface area contributed by atoms with Gasteiger partial charge in [0.25, 0.3) is 0 Å². The van der Waals surface area contributed by atoms with Gasteiger partial charge in [-0.3, -0.25) is 0 Å². The Bertz CT molecular complexity index is 632. The minimum Gasteiger partial charge on any atom is -0.246 e. The molecule has 0 saturated carbocycles. The summed E-state index contributed by atoms with van der Waals surface area (Å²) >= 11 is 1.49. The zero-order chi connectivity index (χ0) is 12.0. The van der Waals surface area contributed by atoms with Gasteiger partial charge in [0.05, 0.1) is 11.2 Å². The summed E-state index contributed by atoms with van der Waals surface area (Å²) in [6.45, 7) is 2.52. The topological polar surface area (TPSA) is 41.3 Å². The fourth-order valence-electron chi connectivity index (χ4n) is 2.11. The minimum atomic E-state index is -0.132. The molecule has 0 atom stereocenters. The van der Waals surface area contributed by atoms with Crippen molar-refractivity contribution in [2.24, 2.45) is 0 Å². The van der Waals surface area contributed by atoms with Crippen LogP contribution in [0, 0.1) is 0 Å². The molecule has 0 unspecified atom stereocenters. The number of rotatable bonds is 1. The number of amides is 1. The highest BCUT2D eigenvalue weighted by Gasteiger charge is 2.40.